The molecule has 0 bridgehead atoms. The maximum Gasteiger partial charge on any atom is 0.306 e. The normalized spacial score (nSPS) is 21.4. The molecule has 0 saturated carbocycles. The molecule has 0 aromatic carbocycles. The summed E-state index contributed by atoms with van der Waals surface area (Å²) in [5.74, 6) is -1.99. The van der Waals surface area contributed by atoms with E-state index in [1.54, 1.807) is 0 Å². The monoisotopic (exact) mass is 764 g/mol. The first-order valence-electron chi connectivity index (χ1n) is 20.2. The third-order valence-electron chi connectivity index (χ3n) is 9.35. The van der Waals surface area contributed by atoms with E-state index >= 15 is 0 Å². The Labute approximate surface area is 314 Å². The van der Waals surface area contributed by atoms with E-state index in [1.165, 1.54) is 70.6 Å². The van der Waals surface area contributed by atoms with Gasteiger partial charge in [-0.15, -0.1) is 0 Å². The molecule has 1 saturated heterocycles. The fourth-order valence-electron chi connectivity index (χ4n) is 6.14. The molecule has 12 nitrogen and oxygen atoms in total. The minimum Gasteiger partial charge on any atom is -0.462 e. The van der Waals surface area contributed by atoms with Crippen LogP contribution in [0.15, 0.2) is 12.2 Å². The van der Waals surface area contributed by atoms with E-state index < -0.39 is 71.2 Å². The van der Waals surface area contributed by atoms with Crippen LogP contribution < -0.4 is 0 Å². The number of allylic oxidation sites excluding steroid dienone is 2. The molecule has 0 aromatic heterocycles. The van der Waals surface area contributed by atoms with E-state index in [2.05, 4.69) is 26.0 Å². The number of carbonyl (C=O) groups is 2. The van der Waals surface area contributed by atoms with Crippen molar-refractivity contribution in [3.05, 3.63) is 12.2 Å². The minimum atomic E-state index is -4.59. The maximum absolute atomic E-state index is 12.7. The molecule has 1 aliphatic rings. The molecule has 0 spiro atoms. The van der Waals surface area contributed by atoms with Crippen molar-refractivity contribution >= 4 is 22.1 Å². The molecule has 1 fully saturated rings. The summed E-state index contributed by atoms with van der Waals surface area (Å²) in [7, 11) is -4.59. The molecule has 0 aromatic rings. The summed E-state index contributed by atoms with van der Waals surface area (Å²) >= 11 is 0. The SMILES string of the molecule is CCCCC/C=C/CCCCCCCC(=O)O[C@H](COC(=O)CCCCCCCCCCCCCC)CO[C@H]1O[C@H](CS(=O)(=O)O)[C@@H](O)C(O)C1O. The zero-order chi connectivity index (χ0) is 38.5. The first-order chi connectivity index (χ1) is 25.0. The standard InChI is InChI=1S/C39H72O12S/c1-3-5-7-9-11-13-15-17-19-21-23-25-27-34(40)48-29-32(30-49-39-38(44)37(43)36(42)33(51-39)31-52(45,46)47)50-35(41)28-26-24-22-20-18-16-14-12-10-8-6-4-2/h12,14,32-33,36-39,42-44H,3-11,13,15-31H2,1-2H3,(H,45,46,47)/b14-12+/t32-,33-,36-,37?,38?,39+/m1/s1. The predicted octanol–water partition coefficient (Wildman–Crippen LogP) is 7.11. The van der Waals surface area contributed by atoms with Crippen molar-refractivity contribution in [1.29, 1.82) is 0 Å². The lowest BCUT2D eigenvalue weighted by atomic mass is 10.00. The van der Waals surface area contributed by atoms with Crippen molar-refractivity contribution in [3.63, 3.8) is 0 Å². The van der Waals surface area contributed by atoms with Gasteiger partial charge in [-0.2, -0.15) is 8.42 Å². The van der Waals surface area contributed by atoms with Gasteiger partial charge in [-0.05, 0) is 38.5 Å². The Kier molecular flexibility index (Phi) is 28.6. The van der Waals surface area contributed by atoms with Gasteiger partial charge >= 0.3 is 11.9 Å². The Morgan fingerprint density at radius 1 is 0.635 bits per heavy atom. The summed E-state index contributed by atoms with van der Waals surface area (Å²) < 4.78 is 53.8. The van der Waals surface area contributed by atoms with Gasteiger partial charge in [0.25, 0.3) is 10.1 Å². The van der Waals surface area contributed by atoms with Crippen LogP contribution in [-0.2, 0) is 38.7 Å². The molecule has 1 rings (SSSR count). The quantitative estimate of drug-likeness (QED) is 0.0230. The molecular formula is C39H72O12S. The fourth-order valence-corrected chi connectivity index (χ4v) is 6.83. The van der Waals surface area contributed by atoms with Gasteiger partial charge in [0.1, 0.15) is 36.8 Å². The number of aliphatic hydroxyl groups excluding tert-OH is 3. The van der Waals surface area contributed by atoms with Crippen LogP contribution in [0.5, 0.6) is 0 Å². The minimum absolute atomic E-state index is 0.157. The molecule has 52 heavy (non-hydrogen) atoms. The van der Waals surface area contributed by atoms with E-state index in [-0.39, 0.29) is 19.4 Å². The van der Waals surface area contributed by atoms with E-state index in [1.807, 2.05) is 0 Å². The van der Waals surface area contributed by atoms with Crippen LogP contribution in [0.2, 0.25) is 0 Å². The Balaban J connectivity index is 2.51. The van der Waals surface area contributed by atoms with Crippen molar-refractivity contribution in [2.75, 3.05) is 19.0 Å². The topological polar surface area (TPSA) is 186 Å². The molecule has 13 heteroatoms. The summed E-state index contributed by atoms with van der Waals surface area (Å²) in [5, 5.41) is 30.7. The van der Waals surface area contributed by atoms with Crippen LogP contribution in [0, 0.1) is 0 Å². The predicted molar refractivity (Wildman–Crippen MR) is 201 cm³/mol. The number of hydrogen-bond acceptors (Lipinski definition) is 11. The third-order valence-corrected chi connectivity index (χ3v) is 10.1. The van der Waals surface area contributed by atoms with E-state index in [0.717, 1.165) is 57.8 Å². The van der Waals surface area contributed by atoms with Crippen molar-refractivity contribution < 1.29 is 56.8 Å². The Morgan fingerprint density at radius 3 is 1.63 bits per heavy atom. The van der Waals surface area contributed by atoms with Gasteiger partial charge in [0.2, 0.25) is 0 Å². The number of hydrogen-bond donors (Lipinski definition) is 4. The first-order valence-corrected chi connectivity index (χ1v) is 21.9. The van der Waals surface area contributed by atoms with Gasteiger partial charge in [-0.3, -0.25) is 14.1 Å². The lowest BCUT2D eigenvalue weighted by Crippen LogP contribution is -2.60. The molecule has 0 amide bonds. The number of ether oxygens (including phenoxy) is 4. The van der Waals surface area contributed by atoms with E-state index in [9.17, 15) is 37.9 Å². The van der Waals surface area contributed by atoms with Gasteiger partial charge in [-0.25, -0.2) is 0 Å². The lowest BCUT2D eigenvalue weighted by Gasteiger charge is -2.40. The fraction of sp³-hybridized carbons (Fsp3) is 0.897. The van der Waals surface area contributed by atoms with Crippen LogP contribution in [0.3, 0.4) is 0 Å². The second-order valence-corrected chi connectivity index (χ2v) is 15.8. The highest BCUT2D eigenvalue weighted by Crippen LogP contribution is 2.24. The van der Waals surface area contributed by atoms with Crippen LogP contribution >= 0.6 is 0 Å². The second-order valence-electron chi connectivity index (χ2n) is 14.3. The first kappa shape index (κ1) is 48.4. The van der Waals surface area contributed by atoms with Crippen LogP contribution in [-0.4, -0.2) is 96.0 Å². The van der Waals surface area contributed by atoms with Crippen LogP contribution in [0.1, 0.15) is 168 Å². The molecule has 0 radical (unpaired) electrons. The summed E-state index contributed by atoms with van der Waals surface area (Å²) in [6.45, 7) is 3.70. The number of unbranched alkanes of at least 4 members (excludes halogenated alkanes) is 19. The summed E-state index contributed by atoms with van der Waals surface area (Å²) in [4.78, 5) is 25.2. The number of esters is 2. The highest BCUT2D eigenvalue weighted by molar-refractivity contribution is 7.85. The van der Waals surface area contributed by atoms with Crippen molar-refractivity contribution in [2.45, 2.75) is 205 Å². The molecule has 1 heterocycles. The highest BCUT2D eigenvalue weighted by atomic mass is 32.2. The Hall–Kier alpha value is -1.61. The average molecular weight is 765 g/mol. The molecule has 1 aliphatic heterocycles. The smallest absolute Gasteiger partial charge is 0.306 e. The van der Waals surface area contributed by atoms with Crippen molar-refractivity contribution in [2.24, 2.45) is 0 Å². The average Bonchev–Trinajstić information content (AvgIpc) is 3.10. The highest BCUT2D eigenvalue weighted by Gasteiger charge is 2.46. The van der Waals surface area contributed by atoms with Gasteiger partial charge < -0.3 is 34.3 Å². The van der Waals surface area contributed by atoms with Gasteiger partial charge in [0, 0.05) is 12.8 Å². The molecule has 0 aliphatic carbocycles. The number of carbonyl (C=O) groups excluding carboxylic acids is 2. The van der Waals surface area contributed by atoms with Gasteiger partial charge in [-0.1, -0.05) is 129 Å². The summed E-state index contributed by atoms with van der Waals surface area (Å²) in [6.07, 6.45) is 19.8. The zero-order valence-corrected chi connectivity index (χ0v) is 33.0. The second kappa shape index (κ2) is 30.7. The molecular weight excluding hydrogens is 692 g/mol. The van der Waals surface area contributed by atoms with Crippen LogP contribution in [0.4, 0.5) is 0 Å². The maximum atomic E-state index is 12.7. The summed E-state index contributed by atoms with van der Waals surface area (Å²) in [6, 6.07) is 0. The Morgan fingerprint density at radius 2 is 1.10 bits per heavy atom. The number of rotatable bonds is 33. The van der Waals surface area contributed by atoms with Crippen molar-refractivity contribution in [1.82, 2.24) is 0 Å². The number of aliphatic hydroxyl groups is 3. The van der Waals surface area contributed by atoms with Gasteiger partial charge in [0.05, 0.1) is 6.61 Å². The molecule has 6 atom stereocenters. The largest absolute Gasteiger partial charge is 0.462 e. The lowest BCUT2D eigenvalue weighted by molar-refractivity contribution is -0.297. The third kappa shape index (κ3) is 25.4. The molecule has 2 unspecified atom stereocenters. The van der Waals surface area contributed by atoms with E-state index in [0.29, 0.717) is 12.8 Å². The Bertz CT molecular complexity index is 1040. The molecule has 306 valence electrons. The zero-order valence-electron chi connectivity index (χ0n) is 32.2. The van der Waals surface area contributed by atoms with Crippen molar-refractivity contribution in [3.8, 4) is 0 Å². The summed E-state index contributed by atoms with van der Waals surface area (Å²) in [5.41, 5.74) is 0. The van der Waals surface area contributed by atoms with E-state index in [4.69, 9.17) is 18.9 Å². The van der Waals surface area contributed by atoms with Gasteiger partial charge in [0.15, 0.2) is 12.4 Å². The molecule has 4 N–H and O–H groups in total. The van der Waals surface area contributed by atoms with Crippen LogP contribution in [0.25, 0.3) is 0 Å².